The molecule has 0 aromatic carbocycles. The molecular formula is C13H24N4O2. The largest absolute Gasteiger partial charge is 0.334 e. The van der Waals surface area contributed by atoms with Gasteiger partial charge >= 0.3 is 6.03 Å². The zero-order chi connectivity index (χ0) is 14.3. The maximum atomic E-state index is 11.8. The average molecular weight is 268 g/mol. The van der Waals surface area contributed by atoms with Gasteiger partial charge in [0, 0.05) is 19.1 Å². The van der Waals surface area contributed by atoms with Crippen LogP contribution in [0.1, 0.15) is 19.8 Å². The van der Waals surface area contributed by atoms with Gasteiger partial charge in [0.05, 0.1) is 6.54 Å². The summed E-state index contributed by atoms with van der Waals surface area (Å²) in [5.74, 6) is 0.190. The van der Waals surface area contributed by atoms with Gasteiger partial charge in [-0.05, 0) is 25.3 Å². The summed E-state index contributed by atoms with van der Waals surface area (Å²) in [5.41, 5.74) is 5.76. The van der Waals surface area contributed by atoms with Crippen LogP contribution in [0.5, 0.6) is 0 Å². The molecule has 0 bridgehead atoms. The summed E-state index contributed by atoms with van der Waals surface area (Å²) >= 11 is 0. The van der Waals surface area contributed by atoms with Crippen molar-refractivity contribution < 1.29 is 9.59 Å². The van der Waals surface area contributed by atoms with Gasteiger partial charge in [-0.3, -0.25) is 15.0 Å². The highest BCUT2D eigenvalue weighted by atomic mass is 16.2. The normalized spacial score (nSPS) is 23.7. The fraction of sp³-hybridized carbons (Fsp3) is 0.692. The highest BCUT2D eigenvalue weighted by Gasteiger charge is 2.28. The lowest BCUT2D eigenvalue weighted by atomic mass is 9.91. The fourth-order valence-corrected chi connectivity index (χ4v) is 2.47. The average Bonchev–Trinajstić information content (AvgIpc) is 2.36. The first-order valence-electron chi connectivity index (χ1n) is 6.71. The number of hydrogen-bond acceptors (Lipinski definition) is 4. The van der Waals surface area contributed by atoms with Crippen LogP contribution in [0.2, 0.25) is 0 Å². The molecule has 1 heterocycles. The predicted molar refractivity (Wildman–Crippen MR) is 74.6 cm³/mol. The van der Waals surface area contributed by atoms with Crippen molar-refractivity contribution >= 4 is 11.9 Å². The maximum absolute atomic E-state index is 11.8. The van der Waals surface area contributed by atoms with E-state index in [0.29, 0.717) is 19.0 Å². The van der Waals surface area contributed by atoms with E-state index < -0.39 is 6.03 Å². The number of carbonyl (C=O) groups is 2. The van der Waals surface area contributed by atoms with Gasteiger partial charge in [-0.2, -0.15) is 0 Å². The monoisotopic (exact) mass is 268 g/mol. The van der Waals surface area contributed by atoms with Crippen molar-refractivity contribution in [2.75, 3.05) is 26.2 Å². The highest BCUT2D eigenvalue weighted by molar-refractivity contribution is 5.95. The quantitative estimate of drug-likeness (QED) is 0.615. The van der Waals surface area contributed by atoms with Crippen molar-refractivity contribution in [1.29, 1.82) is 0 Å². The molecule has 108 valence electrons. The Morgan fingerprint density at radius 1 is 1.53 bits per heavy atom. The van der Waals surface area contributed by atoms with Crippen LogP contribution < -0.4 is 16.4 Å². The van der Waals surface area contributed by atoms with Crippen LogP contribution in [0.15, 0.2) is 12.7 Å². The van der Waals surface area contributed by atoms with Gasteiger partial charge in [-0.1, -0.05) is 13.0 Å². The Bertz CT molecular complexity index is 333. The van der Waals surface area contributed by atoms with E-state index in [9.17, 15) is 9.59 Å². The highest BCUT2D eigenvalue weighted by Crippen LogP contribution is 2.21. The SMILES string of the molecule is C=CCNC(=O)NC(=O)CN1CCCC(C)C1CN. The van der Waals surface area contributed by atoms with Crippen molar-refractivity contribution in [2.24, 2.45) is 11.7 Å². The number of nitrogens with zero attached hydrogens (tertiary/aromatic N) is 1. The molecule has 1 aliphatic heterocycles. The van der Waals surface area contributed by atoms with Crippen LogP contribution in [-0.4, -0.2) is 49.1 Å². The van der Waals surface area contributed by atoms with Gasteiger partial charge in [0.2, 0.25) is 5.91 Å². The van der Waals surface area contributed by atoms with Gasteiger partial charge in [0.25, 0.3) is 0 Å². The van der Waals surface area contributed by atoms with Crippen LogP contribution >= 0.6 is 0 Å². The Kier molecular flexibility index (Phi) is 6.52. The van der Waals surface area contributed by atoms with Gasteiger partial charge in [0.1, 0.15) is 0 Å². The summed E-state index contributed by atoms with van der Waals surface area (Å²) in [7, 11) is 0. The summed E-state index contributed by atoms with van der Waals surface area (Å²) in [4.78, 5) is 25.2. The number of rotatable bonds is 5. The third kappa shape index (κ3) is 5.00. The summed E-state index contributed by atoms with van der Waals surface area (Å²) in [5, 5.41) is 4.80. The van der Waals surface area contributed by atoms with Crippen LogP contribution in [0.3, 0.4) is 0 Å². The van der Waals surface area contributed by atoms with E-state index in [-0.39, 0.29) is 18.5 Å². The number of hydrogen-bond donors (Lipinski definition) is 3. The number of carbonyl (C=O) groups excluding carboxylic acids is 2. The van der Waals surface area contributed by atoms with Crippen LogP contribution in [-0.2, 0) is 4.79 Å². The minimum atomic E-state index is -0.487. The third-order valence-corrected chi connectivity index (χ3v) is 3.48. The van der Waals surface area contributed by atoms with Crippen molar-refractivity contribution in [2.45, 2.75) is 25.8 Å². The first-order chi connectivity index (χ1) is 9.08. The number of imide groups is 1. The van der Waals surface area contributed by atoms with Gasteiger partial charge < -0.3 is 11.1 Å². The molecule has 0 spiro atoms. The maximum Gasteiger partial charge on any atom is 0.321 e. The molecule has 4 N–H and O–H groups in total. The summed E-state index contributed by atoms with van der Waals surface area (Å²) in [6.45, 7) is 7.58. The molecule has 19 heavy (non-hydrogen) atoms. The number of urea groups is 1. The molecule has 0 aromatic heterocycles. The molecule has 1 saturated heterocycles. The number of amides is 3. The first kappa shape index (κ1) is 15.7. The van der Waals surface area contributed by atoms with Crippen molar-refractivity contribution in [1.82, 2.24) is 15.5 Å². The Labute approximate surface area is 114 Å². The molecule has 0 aliphatic carbocycles. The molecule has 1 aliphatic rings. The number of likely N-dealkylation sites (tertiary alicyclic amines) is 1. The van der Waals surface area contributed by atoms with E-state index in [1.807, 2.05) is 0 Å². The van der Waals surface area contributed by atoms with Gasteiger partial charge in [0.15, 0.2) is 0 Å². The second kappa shape index (κ2) is 7.91. The van der Waals surface area contributed by atoms with Crippen LogP contribution in [0.25, 0.3) is 0 Å². The molecule has 1 rings (SSSR count). The number of nitrogens with two attached hydrogens (primary N) is 1. The lowest BCUT2D eigenvalue weighted by Gasteiger charge is -2.38. The van der Waals surface area contributed by atoms with Crippen molar-refractivity contribution in [3.63, 3.8) is 0 Å². The second-order valence-electron chi connectivity index (χ2n) is 4.94. The Balaban J connectivity index is 2.42. The Morgan fingerprint density at radius 3 is 2.89 bits per heavy atom. The standard InChI is InChI=1S/C13H24N4O2/c1-3-6-15-13(19)16-12(18)9-17-7-4-5-10(2)11(17)8-14/h3,10-11H,1,4-9,14H2,2H3,(H2,15,16,18,19). The molecule has 3 amide bonds. The second-order valence-corrected chi connectivity index (χ2v) is 4.94. The van der Waals surface area contributed by atoms with E-state index in [1.165, 1.54) is 0 Å². The van der Waals surface area contributed by atoms with E-state index >= 15 is 0 Å². The summed E-state index contributed by atoms with van der Waals surface area (Å²) < 4.78 is 0. The van der Waals surface area contributed by atoms with Crippen LogP contribution in [0, 0.1) is 5.92 Å². The fourth-order valence-electron chi connectivity index (χ4n) is 2.47. The topological polar surface area (TPSA) is 87.5 Å². The Morgan fingerprint density at radius 2 is 2.26 bits per heavy atom. The molecule has 1 fully saturated rings. The summed E-state index contributed by atoms with van der Waals surface area (Å²) in [6.07, 6.45) is 3.76. The molecule has 2 atom stereocenters. The zero-order valence-electron chi connectivity index (χ0n) is 11.5. The Hall–Kier alpha value is -1.40. The molecule has 0 saturated carbocycles. The molecule has 0 radical (unpaired) electrons. The molecule has 0 aromatic rings. The lowest BCUT2D eigenvalue weighted by Crippen LogP contribution is -2.53. The van der Waals surface area contributed by atoms with E-state index in [2.05, 4.69) is 29.0 Å². The summed E-state index contributed by atoms with van der Waals surface area (Å²) in [6, 6.07) is -0.269. The first-order valence-corrected chi connectivity index (χ1v) is 6.71. The predicted octanol–water partition coefficient (Wildman–Crippen LogP) is 0.0574. The van der Waals surface area contributed by atoms with Gasteiger partial charge in [-0.25, -0.2) is 4.79 Å². The molecule has 6 nitrogen and oxygen atoms in total. The zero-order valence-corrected chi connectivity index (χ0v) is 11.5. The lowest BCUT2D eigenvalue weighted by molar-refractivity contribution is -0.122. The van der Waals surface area contributed by atoms with Crippen LogP contribution in [0.4, 0.5) is 4.79 Å². The van der Waals surface area contributed by atoms with Gasteiger partial charge in [-0.15, -0.1) is 6.58 Å². The van der Waals surface area contributed by atoms with Crippen molar-refractivity contribution in [3.05, 3.63) is 12.7 Å². The third-order valence-electron chi connectivity index (χ3n) is 3.48. The van der Waals surface area contributed by atoms with E-state index in [4.69, 9.17) is 5.73 Å². The molecule has 2 unspecified atom stereocenters. The number of piperidine rings is 1. The molecule has 6 heteroatoms. The minimum absolute atomic E-state index is 0.216. The van der Waals surface area contributed by atoms with E-state index in [0.717, 1.165) is 19.4 Å². The van der Waals surface area contributed by atoms with Crippen molar-refractivity contribution in [3.8, 4) is 0 Å². The van der Waals surface area contributed by atoms with E-state index in [1.54, 1.807) is 6.08 Å². The smallest absolute Gasteiger partial charge is 0.321 e. The number of nitrogens with one attached hydrogen (secondary N) is 2. The molecular weight excluding hydrogens is 244 g/mol. The minimum Gasteiger partial charge on any atom is -0.334 e.